The van der Waals surface area contributed by atoms with Crippen LogP contribution in [-0.4, -0.2) is 24.2 Å². The summed E-state index contributed by atoms with van der Waals surface area (Å²) in [5, 5.41) is 0. The van der Waals surface area contributed by atoms with Crippen LogP contribution in [0.1, 0.15) is 19.3 Å². The van der Waals surface area contributed by atoms with Crippen molar-refractivity contribution in [2.45, 2.75) is 19.3 Å². The quantitative estimate of drug-likeness (QED) is 0.427. The van der Waals surface area contributed by atoms with E-state index in [1.54, 1.807) is 0 Å². The Labute approximate surface area is 76.6 Å². The maximum Gasteiger partial charge on any atom is 0.0478 e. The fourth-order valence-electron chi connectivity index (χ4n) is 0.586. The first-order valence-electron chi connectivity index (χ1n) is 3.75. The second-order valence-corrected chi connectivity index (χ2v) is 3.23. The Morgan fingerprint density at radius 3 is 2.40 bits per heavy atom. The van der Waals surface area contributed by atoms with Gasteiger partial charge in [0.25, 0.3) is 0 Å². The zero-order valence-corrected chi connectivity index (χ0v) is 8.47. The molecule has 0 aromatic carbocycles. The highest BCUT2D eigenvalue weighted by Crippen LogP contribution is 1.94. The van der Waals surface area contributed by atoms with Crippen LogP contribution < -0.4 is 5.73 Å². The molecule has 2 N–H and O–H groups in total. The van der Waals surface area contributed by atoms with E-state index in [0.717, 1.165) is 26.2 Å². The first-order valence-corrected chi connectivity index (χ1v) is 5.28. The van der Waals surface area contributed by atoms with E-state index in [4.69, 9.17) is 10.5 Å². The summed E-state index contributed by atoms with van der Waals surface area (Å²) in [5.41, 5.74) is 5.29. The Hall–Kier alpha value is 0.650. The molecule has 0 bridgehead atoms. The number of nitrogens with two attached hydrogens (primary N) is 1. The molecule has 0 radical (unpaired) electrons. The van der Waals surface area contributed by atoms with Crippen LogP contribution in [0.4, 0.5) is 0 Å². The summed E-state index contributed by atoms with van der Waals surface area (Å²) < 4.78 is 6.53. The summed E-state index contributed by atoms with van der Waals surface area (Å²) in [5.74, 6) is 0. The van der Waals surface area contributed by atoms with Crippen molar-refractivity contribution >= 4 is 22.6 Å². The highest BCUT2D eigenvalue weighted by atomic mass is 127. The molecule has 0 saturated heterocycles. The third-order valence-corrected chi connectivity index (χ3v) is 1.93. The molecule has 0 aromatic heterocycles. The minimum atomic E-state index is 0.742. The van der Waals surface area contributed by atoms with Gasteiger partial charge in [-0.2, -0.15) is 0 Å². The minimum Gasteiger partial charge on any atom is -0.381 e. The summed E-state index contributed by atoms with van der Waals surface area (Å²) in [6.07, 6.45) is 3.45. The van der Waals surface area contributed by atoms with Gasteiger partial charge in [0.15, 0.2) is 0 Å². The van der Waals surface area contributed by atoms with Crippen molar-refractivity contribution in [3.8, 4) is 0 Å². The van der Waals surface area contributed by atoms with Crippen molar-refractivity contribution in [1.29, 1.82) is 0 Å². The molecule has 62 valence electrons. The van der Waals surface area contributed by atoms with Crippen LogP contribution in [-0.2, 0) is 4.74 Å². The standard InChI is InChI=1S/C7H16INO/c8-4-1-2-6-10-7-3-5-9/h1-7,9H2. The Morgan fingerprint density at radius 1 is 1.10 bits per heavy atom. The highest BCUT2D eigenvalue weighted by molar-refractivity contribution is 14.1. The van der Waals surface area contributed by atoms with Crippen molar-refractivity contribution in [1.82, 2.24) is 0 Å². The molecule has 0 amide bonds. The van der Waals surface area contributed by atoms with Crippen molar-refractivity contribution in [2.24, 2.45) is 5.73 Å². The Kier molecular flexibility index (Phi) is 10.3. The summed E-state index contributed by atoms with van der Waals surface area (Å²) in [6.45, 7) is 2.48. The number of halogens is 1. The van der Waals surface area contributed by atoms with E-state index >= 15 is 0 Å². The highest BCUT2D eigenvalue weighted by Gasteiger charge is 1.87. The molecular weight excluding hydrogens is 241 g/mol. The van der Waals surface area contributed by atoms with E-state index in [9.17, 15) is 0 Å². The van der Waals surface area contributed by atoms with E-state index in [0.29, 0.717) is 0 Å². The molecule has 0 spiro atoms. The van der Waals surface area contributed by atoms with Crippen LogP contribution in [0.25, 0.3) is 0 Å². The van der Waals surface area contributed by atoms with Gasteiger partial charge in [-0.3, -0.25) is 0 Å². The number of hydrogen-bond acceptors (Lipinski definition) is 2. The Bertz CT molecular complexity index is 53.6. The van der Waals surface area contributed by atoms with Crippen LogP contribution in [0.2, 0.25) is 0 Å². The zero-order chi connectivity index (χ0) is 7.66. The zero-order valence-electron chi connectivity index (χ0n) is 6.31. The van der Waals surface area contributed by atoms with E-state index in [-0.39, 0.29) is 0 Å². The van der Waals surface area contributed by atoms with Gasteiger partial charge in [0, 0.05) is 13.2 Å². The normalized spacial score (nSPS) is 10.2. The topological polar surface area (TPSA) is 35.2 Å². The van der Waals surface area contributed by atoms with E-state index in [1.165, 1.54) is 17.3 Å². The second-order valence-electron chi connectivity index (χ2n) is 2.15. The summed E-state index contributed by atoms with van der Waals surface area (Å²) in [7, 11) is 0. The van der Waals surface area contributed by atoms with Crippen molar-refractivity contribution in [3.63, 3.8) is 0 Å². The fraction of sp³-hybridized carbons (Fsp3) is 1.00. The van der Waals surface area contributed by atoms with Gasteiger partial charge in [-0.1, -0.05) is 22.6 Å². The lowest BCUT2D eigenvalue weighted by Gasteiger charge is -2.00. The molecule has 0 unspecified atom stereocenters. The average molecular weight is 257 g/mol. The van der Waals surface area contributed by atoms with Crippen LogP contribution in [0.3, 0.4) is 0 Å². The molecular formula is C7H16INO. The second kappa shape index (κ2) is 9.65. The number of ether oxygens (including phenoxy) is 1. The van der Waals surface area contributed by atoms with Gasteiger partial charge >= 0.3 is 0 Å². The molecule has 0 atom stereocenters. The van der Waals surface area contributed by atoms with Crippen LogP contribution in [0.15, 0.2) is 0 Å². The van der Waals surface area contributed by atoms with Gasteiger partial charge in [0.2, 0.25) is 0 Å². The van der Waals surface area contributed by atoms with Crippen LogP contribution in [0.5, 0.6) is 0 Å². The molecule has 0 saturated carbocycles. The smallest absolute Gasteiger partial charge is 0.0478 e. The van der Waals surface area contributed by atoms with E-state index in [2.05, 4.69) is 22.6 Å². The summed E-state index contributed by atoms with van der Waals surface area (Å²) >= 11 is 2.38. The molecule has 0 aliphatic heterocycles. The maximum absolute atomic E-state index is 5.29. The predicted octanol–water partition coefficient (Wildman–Crippen LogP) is 1.57. The molecule has 0 aliphatic rings. The Balaban J connectivity index is 2.65. The lowest BCUT2D eigenvalue weighted by molar-refractivity contribution is 0.130. The number of hydrogen-bond donors (Lipinski definition) is 1. The fourth-order valence-corrected chi connectivity index (χ4v) is 1.13. The van der Waals surface area contributed by atoms with E-state index in [1.807, 2.05) is 0 Å². The van der Waals surface area contributed by atoms with Crippen LogP contribution >= 0.6 is 22.6 Å². The third-order valence-electron chi connectivity index (χ3n) is 1.17. The largest absolute Gasteiger partial charge is 0.381 e. The first-order chi connectivity index (χ1) is 4.91. The molecule has 10 heavy (non-hydrogen) atoms. The lowest BCUT2D eigenvalue weighted by atomic mass is 10.4. The van der Waals surface area contributed by atoms with Gasteiger partial charge in [-0.15, -0.1) is 0 Å². The molecule has 0 aromatic rings. The SMILES string of the molecule is NCCCOCCCCI. The summed E-state index contributed by atoms with van der Waals surface area (Å²) in [6, 6.07) is 0. The molecule has 2 nitrogen and oxygen atoms in total. The molecule has 0 heterocycles. The minimum absolute atomic E-state index is 0.742. The summed E-state index contributed by atoms with van der Waals surface area (Å²) in [4.78, 5) is 0. The lowest BCUT2D eigenvalue weighted by Crippen LogP contribution is -2.05. The van der Waals surface area contributed by atoms with Gasteiger partial charge in [0.05, 0.1) is 0 Å². The number of rotatable bonds is 7. The average Bonchev–Trinajstić information content (AvgIpc) is 1.97. The van der Waals surface area contributed by atoms with Crippen molar-refractivity contribution in [2.75, 3.05) is 24.2 Å². The number of alkyl halides is 1. The molecule has 0 aliphatic carbocycles. The number of unbranched alkanes of at least 4 members (excludes halogenated alkanes) is 1. The molecule has 3 heteroatoms. The molecule has 0 fully saturated rings. The van der Waals surface area contributed by atoms with Crippen molar-refractivity contribution in [3.05, 3.63) is 0 Å². The van der Waals surface area contributed by atoms with Gasteiger partial charge in [-0.05, 0) is 30.2 Å². The van der Waals surface area contributed by atoms with E-state index < -0.39 is 0 Å². The Morgan fingerprint density at radius 2 is 1.80 bits per heavy atom. The van der Waals surface area contributed by atoms with Crippen LogP contribution in [0, 0.1) is 0 Å². The maximum atomic E-state index is 5.29. The third kappa shape index (κ3) is 8.65. The van der Waals surface area contributed by atoms with Gasteiger partial charge in [-0.25, -0.2) is 0 Å². The van der Waals surface area contributed by atoms with Gasteiger partial charge < -0.3 is 10.5 Å². The van der Waals surface area contributed by atoms with Gasteiger partial charge in [0.1, 0.15) is 0 Å². The monoisotopic (exact) mass is 257 g/mol. The van der Waals surface area contributed by atoms with Crippen molar-refractivity contribution < 1.29 is 4.74 Å². The predicted molar refractivity (Wildman–Crippen MR) is 52.6 cm³/mol. The first kappa shape index (κ1) is 10.7. The molecule has 0 rings (SSSR count).